The number of aromatic nitrogens is 4. The molecule has 3 aromatic heterocycles. The van der Waals surface area contributed by atoms with Gasteiger partial charge in [-0.05, 0) is 192 Å². The number of imidazole rings is 1. The second-order valence-corrected chi connectivity index (χ2v) is 29.1. The van der Waals surface area contributed by atoms with Crippen LogP contribution in [0.4, 0.5) is 0 Å². The Bertz CT molecular complexity index is 4080. The van der Waals surface area contributed by atoms with E-state index in [2.05, 4.69) is 269 Å². The predicted octanol–water partition coefficient (Wildman–Crippen LogP) is 19.3. The number of pyridine rings is 1. The van der Waals surface area contributed by atoms with Crippen LogP contribution in [0.15, 0.2) is 152 Å². The minimum absolute atomic E-state index is 0.0148. The van der Waals surface area contributed by atoms with E-state index in [4.69, 9.17) is 9.72 Å². The quantitative estimate of drug-likeness (QED) is 0.118. The molecule has 0 saturated carbocycles. The Hall–Kier alpha value is -7.24. The van der Waals surface area contributed by atoms with Gasteiger partial charge in [0, 0.05) is 23.0 Å². The zero-order valence-electron chi connectivity index (χ0n) is 50.2. The van der Waals surface area contributed by atoms with Crippen molar-refractivity contribution in [3.63, 3.8) is 0 Å². The highest BCUT2D eigenvalue weighted by Gasteiger charge is 2.43. The van der Waals surface area contributed by atoms with E-state index in [1.165, 1.54) is 79.4 Å². The van der Waals surface area contributed by atoms with Gasteiger partial charge >= 0.3 is 0 Å². The van der Waals surface area contributed by atoms with Gasteiger partial charge in [0.15, 0.2) is 0 Å². The van der Waals surface area contributed by atoms with Crippen LogP contribution < -0.4 is 9.30 Å². The van der Waals surface area contributed by atoms with Crippen LogP contribution in [0.25, 0.3) is 72.3 Å². The molecule has 0 amide bonds. The molecule has 3 aliphatic rings. The topological polar surface area (TPSA) is 35.9 Å². The van der Waals surface area contributed by atoms with Crippen LogP contribution in [0.1, 0.15) is 175 Å². The number of hydrogen-bond acceptors (Lipinski definition) is 2. The fourth-order valence-corrected chi connectivity index (χ4v) is 14.8. The summed E-state index contributed by atoms with van der Waals surface area (Å²) in [7, 11) is 0. The van der Waals surface area contributed by atoms with Crippen LogP contribution in [-0.2, 0) is 37.9 Å². The van der Waals surface area contributed by atoms with Gasteiger partial charge in [0.25, 0.3) is 6.33 Å². The molecule has 0 spiro atoms. The summed E-state index contributed by atoms with van der Waals surface area (Å²) in [5, 5.41) is 2.34. The van der Waals surface area contributed by atoms with E-state index in [0.717, 1.165) is 75.4 Å². The second kappa shape index (κ2) is 17.6. The highest BCUT2D eigenvalue weighted by molar-refractivity contribution is 6.09. The summed E-state index contributed by atoms with van der Waals surface area (Å²) in [5.74, 6) is 2.41. The smallest absolute Gasteiger partial charge is 0.269 e. The zero-order chi connectivity index (χ0) is 56.3. The summed E-state index contributed by atoms with van der Waals surface area (Å²) in [5.41, 5.74) is 21.6. The predicted molar refractivity (Wildman–Crippen MR) is 333 cm³/mol. The molecule has 406 valence electrons. The van der Waals surface area contributed by atoms with Gasteiger partial charge in [-0.2, -0.15) is 0 Å². The first-order chi connectivity index (χ1) is 37.7. The van der Waals surface area contributed by atoms with Gasteiger partial charge in [0.2, 0.25) is 0 Å². The summed E-state index contributed by atoms with van der Waals surface area (Å²) in [6, 6.07) is 54.9. The van der Waals surface area contributed by atoms with E-state index in [1.807, 2.05) is 6.20 Å². The van der Waals surface area contributed by atoms with Crippen molar-refractivity contribution in [2.75, 3.05) is 0 Å². The Balaban J connectivity index is 1.02. The number of fused-ring (bicyclic) bond motifs is 7. The number of ether oxygens (including phenoxy) is 1. The molecule has 5 nitrogen and oxygen atoms in total. The van der Waals surface area contributed by atoms with Gasteiger partial charge in [-0.3, -0.25) is 13.7 Å². The Labute approximate surface area is 475 Å². The van der Waals surface area contributed by atoms with Crippen molar-refractivity contribution in [3.8, 4) is 50.9 Å². The molecular formula is C75H80N4O. The van der Waals surface area contributed by atoms with Gasteiger partial charge in [-0.25, -0.2) is 4.98 Å². The Kier molecular flexibility index (Phi) is 11.5. The van der Waals surface area contributed by atoms with Gasteiger partial charge in [-0.15, -0.1) is 0 Å². The average molecular weight is 1050 g/mol. The molecule has 0 fully saturated rings. The van der Waals surface area contributed by atoms with E-state index in [9.17, 15) is 0 Å². The third kappa shape index (κ3) is 8.38. The zero-order valence-corrected chi connectivity index (χ0v) is 50.2. The number of hydrogen-bond donors (Lipinski definition) is 0. The van der Waals surface area contributed by atoms with Crippen molar-refractivity contribution >= 4 is 32.8 Å². The SMILES string of the molecule is CC(C)(C)c1ccnc(-n2c3ccccc3c3ccc(Oc4cccc(-n5[c-][n+](-c6c(-c7ccc8c(c7)C(C)(C)CCC8(C)C)cccc6-c6ccc7c(c6)C(C)(C)CCC7(C)C)c6cc7c(cc65)C(C)(C)CC7(C)C)c4)cc32)c1. The molecule has 3 heterocycles. The Morgan fingerprint density at radius 1 is 0.475 bits per heavy atom. The number of rotatable bonds is 7. The van der Waals surface area contributed by atoms with Crippen molar-refractivity contribution in [1.29, 1.82) is 0 Å². The lowest BCUT2D eigenvalue weighted by molar-refractivity contribution is -0.571. The molecule has 0 saturated heterocycles. The fraction of sp³-hybridized carbons (Fsp3) is 0.360. The van der Waals surface area contributed by atoms with E-state index < -0.39 is 0 Å². The molecule has 0 N–H and O–H groups in total. The molecule has 0 atom stereocenters. The van der Waals surface area contributed by atoms with Crippen LogP contribution in [0, 0.1) is 6.33 Å². The van der Waals surface area contributed by atoms with Gasteiger partial charge < -0.3 is 4.74 Å². The third-order valence-corrected chi connectivity index (χ3v) is 19.5. The molecule has 10 aromatic rings. The molecule has 13 rings (SSSR count). The molecule has 0 bridgehead atoms. The normalized spacial score (nSPS) is 18.3. The maximum absolute atomic E-state index is 6.99. The molecule has 0 aliphatic heterocycles. The standard InChI is InChI=1S/C75H80N4O/c1-69(2,3)49-32-37-76-67(40-49)79-63-25-17-16-22-55(63)56-29-28-52(42-64(56)79)80-51-21-18-20-50(41-51)77-46-78(66-44-62-61(43-65(66)77)74(12,13)45-75(62,14)15)68-53(47-26-30-57-59(38-47)72(8,9)35-33-70(57,4)5)23-19-24-54(68)48-27-31-58-60(39-48)73(10,11)36-34-71(58,6)7/h16-32,37-44H,33-36,45H2,1-15H3. The molecule has 0 radical (unpaired) electrons. The number of para-hydroxylation sites is 2. The largest absolute Gasteiger partial charge is 0.458 e. The molecule has 7 aromatic carbocycles. The fourth-order valence-electron chi connectivity index (χ4n) is 14.8. The summed E-state index contributed by atoms with van der Waals surface area (Å²) in [4.78, 5) is 4.96. The average Bonchev–Trinajstić information content (AvgIpc) is 4.23. The Morgan fingerprint density at radius 2 is 1.02 bits per heavy atom. The summed E-state index contributed by atoms with van der Waals surface area (Å²) < 4.78 is 14.0. The van der Waals surface area contributed by atoms with Crippen LogP contribution in [-0.4, -0.2) is 14.1 Å². The lowest BCUT2D eigenvalue weighted by atomic mass is 9.62. The summed E-state index contributed by atoms with van der Waals surface area (Å²) in [6.45, 7) is 36.0. The van der Waals surface area contributed by atoms with Crippen molar-refractivity contribution < 1.29 is 9.30 Å². The monoisotopic (exact) mass is 1050 g/mol. The van der Waals surface area contributed by atoms with Gasteiger partial charge in [-0.1, -0.05) is 183 Å². The number of benzene rings is 7. The Morgan fingerprint density at radius 3 is 1.65 bits per heavy atom. The molecule has 5 heteroatoms. The van der Waals surface area contributed by atoms with Gasteiger partial charge in [0.05, 0.1) is 33.4 Å². The highest BCUT2D eigenvalue weighted by Crippen LogP contribution is 2.53. The maximum atomic E-state index is 6.99. The first-order valence-electron chi connectivity index (χ1n) is 29.5. The van der Waals surface area contributed by atoms with E-state index in [0.29, 0.717) is 0 Å². The first-order valence-corrected chi connectivity index (χ1v) is 29.5. The van der Waals surface area contributed by atoms with Crippen LogP contribution in [0.2, 0.25) is 0 Å². The molecule has 3 aliphatic carbocycles. The summed E-state index contributed by atoms with van der Waals surface area (Å²) >= 11 is 0. The van der Waals surface area contributed by atoms with Crippen molar-refractivity contribution in [3.05, 3.63) is 197 Å². The van der Waals surface area contributed by atoms with Crippen LogP contribution >= 0.6 is 0 Å². The molecular weight excluding hydrogens is 973 g/mol. The molecule has 0 unspecified atom stereocenters. The summed E-state index contributed by atoms with van der Waals surface area (Å²) in [6.07, 6.45) is 11.8. The lowest BCUT2D eigenvalue weighted by Gasteiger charge is -2.42. The second-order valence-electron chi connectivity index (χ2n) is 29.1. The van der Waals surface area contributed by atoms with E-state index >= 15 is 0 Å². The highest BCUT2D eigenvalue weighted by atomic mass is 16.5. The van der Waals surface area contributed by atoms with E-state index in [1.54, 1.807) is 0 Å². The van der Waals surface area contributed by atoms with Crippen LogP contribution in [0.3, 0.4) is 0 Å². The maximum Gasteiger partial charge on any atom is 0.269 e. The first kappa shape index (κ1) is 52.2. The van der Waals surface area contributed by atoms with Crippen molar-refractivity contribution in [1.82, 2.24) is 14.1 Å². The number of nitrogens with zero attached hydrogens (tertiary/aromatic N) is 4. The van der Waals surface area contributed by atoms with Crippen LogP contribution in [0.5, 0.6) is 11.5 Å². The minimum Gasteiger partial charge on any atom is -0.458 e. The van der Waals surface area contributed by atoms with Crippen molar-refractivity contribution in [2.24, 2.45) is 0 Å². The van der Waals surface area contributed by atoms with E-state index in [-0.39, 0.29) is 37.9 Å². The van der Waals surface area contributed by atoms with Gasteiger partial charge in [0.1, 0.15) is 17.3 Å². The third-order valence-electron chi connectivity index (χ3n) is 19.5. The van der Waals surface area contributed by atoms with Crippen molar-refractivity contribution in [2.45, 2.75) is 174 Å². The minimum atomic E-state index is -0.0248. The lowest BCUT2D eigenvalue weighted by Crippen LogP contribution is -2.34. The molecule has 80 heavy (non-hydrogen) atoms.